The standard InChI is InChI=1S/C12H21N3OS2/c1-4-17-7-5-6-13-12(16)15-10(3)11-14-8-9(2)18-11/h8,10H,4-7H2,1-3H3,(H2,13,15,16)/t10-/m1/s1. The molecule has 0 aromatic carbocycles. The summed E-state index contributed by atoms with van der Waals surface area (Å²) in [6, 6.07) is -0.148. The number of thioether (sulfide) groups is 1. The number of aryl methyl sites for hydroxylation is 1. The van der Waals surface area contributed by atoms with Crippen molar-refractivity contribution in [3.8, 4) is 0 Å². The molecular formula is C12H21N3OS2. The molecular weight excluding hydrogens is 266 g/mol. The molecule has 4 nitrogen and oxygen atoms in total. The second-order valence-electron chi connectivity index (χ2n) is 3.98. The van der Waals surface area contributed by atoms with E-state index in [1.165, 1.54) is 0 Å². The molecule has 0 fully saturated rings. The number of carbonyl (C=O) groups is 1. The van der Waals surface area contributed by atoms with Crippen LogP contribution in [0.3, 0.4) is 0 Å². The van der Waals surface area contributed by atoms with Gasteiger partial charge in [0.25, 0.3) is 0 Å². The SMILES string of the molecule is CCSCCCNC(=O)N[C@H](C)c1ncc(C)s1. The molecule has 0 bridgehead atoms. The summed E-state index contributed by atoms with van der Waals surface area (Å²) < 4.78 is 0. The highest BCUT2D eigenvalue weighted by Crippen LogP contribution is 2.18. The molecule has 1 aromatic heterocycles. The maximum Gasteiger partial charge on any atom is 0.315 e. The van der Waals surface area contributed by atoms with Gasteiger partial charge in [-0.3, -0.25) is 0 Å². The average molecular weight is 287 g/mol. The van der Waals surface area contributed by atoms with E-state index in [4.69, 9.17) is 0 Å². The Bertz CT molecular complexity index is 368. The van der Waals surface area contributed by atoms with Gasteiger partial charge in [0, 0.05) is 17.6 Å². The molecule has 6 heteroatoms. The predicted octanol–water partition coefficient (Wildman–Crippen LogP) is 2.95. The molecule has 0 radical (unpaired) electrons. The van der Waals surface area contributed by atoms with Gasteiger partial charge in [-0.15, -0.1) is 11.3 Å². The van der Waals surface area contributed by atoms with E-state index >= 15 is 0 Å². The van der Waals surface area contributed by atoms with E-state index in [9.17, 15) is 4.79 Å². The highest BCUT2D eigenvalue weighted by Gasteiger charge is 2.11. The third-order valence-electron chi connectivity index (χ3n) is 2.31. The van der Waals surface area contributed by atoms with Crippen molar-refractivity contribution in [3.63, 3.8) is 0 Å². The molecule has 0 aliphatic rings. The number of hydrogen-bond acceptors (Lipinski definition) is 4. The molecule has 0 aliphatic heterocycles. The predicted molar refractivity (Wildman–Crippen MR) is 79.4 cm³/mol. The van der Waals surface area contributed by atoms with Gasteiger partial charge < -0.3 is 10.6 Å². The molecule has 0 unspecified atom stereocenters. The molecule has 1 atom stereocenters. The first kappa shape index (κ1) is 15.3. The summed E-state index contributed by atoms with van der Waals surface area (Å²) in [5, 5.41) is 6.70. The lowest BCUT2D eigenvalue weighted by atomic mass is 10.3. The number of nitrogens with one attached hydrogen (secondary N) is 2. The lowest BCUT2D eigenvalue weighted by molar-refractivity contribution is 0.238. The normalized spacial score (nSPS) is 12.2. The summed E-state index contributed by atoms with van der Waals surface area (Å²) in [5.41, 5.74) is 0. The van der Waals surface area contributed by atoms with Crippen molar-refractivity contribution in [1.82, 2.24) is 15.6 Å². The van der Waals surface area contributed by atoms with Crippen molar-refractivity contribution in [1.29, 1.82) is 0 Å². The Morgan fingerprint density at radius 2 is 2.39 bits per heavy atom. The molecule has 1 rings (SSSR count). The van der Waals surface area contributed by atoms with Crippen molar-refractivity contribution in [2.45, 2.75) is 33.2 Å². The monoisotopic (exact) mass is 287 g/mol. The number of aromatic nitrogens is 1. The number of hydrogen-bond donors (Lipinski definition) is 2. The topological polar surface area (TPSA) is 54.0 Å². The molecule has 0 aliphatic carbocycles. The Morgan fingerprint density at radius 1 is 1.61 bits per heavy atom. The Balaban J connectivity index is 2.19. The van der Waals surface area contributed by atoms with Gasteiger partial charge in [0.2, 0.25) is 0 Å². The van der Waals surface area contributed by atoms with Gasteiger partial charge in [0.1, 0.15) is 5.01 Å². The number of rotatable bonds is 7. The lowest BCUT2D eigenvalue weighted by Crippen LogP contribution is -2.37. The third-order valence-corrected chi connectivity index (χ3v) is 4.39. The van der Waals surface area contributed by atoms with Crippen LogP contribution in [0.1, 0.15) is 36.2 Å². The molecule has 2 amide bonds. The molecule has 102 valence electrons. The second-order valence-corrected chi connectivity index (χ2v) is 6.64. The van der Waals surface area contributed by atoms with Crippen molar-refractivity contribution in [3.05, 3.63) is 16.1 Å². The zero-order chi connectivity index (χ0) is 13.4. The number of nitrogens with zero attached hydrogens (tertiary/aromatic N) is 1. The lowest BCUT2D eigenvalue weighted by Gasteiger charge is -2.12. The van der Waals surface area contributed by atoms with Gasteiger partial charge in [0.15, 0.2) is 0 Å². The van der Waals surface area contributed by atoms with Crippen LogP contribution in [0.4, 0.5) is 4.79 Å². The van der Waals surface area contributed by atoms with Crippen LogP contribution in [0.2, 0.25) is 0 Å². The Morgan fingerprint density at radius 3 is 3.00 bits per heavy atom. The fourth-order valence-electron chi connectivity index (χ4n) is 1.40. The van der Waals surface area contributed by atoms with Crippen LogP contribution in [0.15, 0.2) is 6.20 Å². The fourth-order valence-corrected chi connectivity index (χ4v) is 2.82. The molecule has 2 N–H and O–H groups in total. The maximum atomic E-state index is 11.6. The van der Waals surface area contributed by atoms with Crippen LogP contribution in [0, 0.1) is 6.92 Å². The highest BCUT2D eigenvalue weighted by molar-refractivity contribution is 7.99. The van der Waals surface area contributed by atoms with Crippen molar-refractivity contribution < 1.29 is 4.79 Å². The number of thiazole rings is 1. The molecule has 1 aromatic rings. The van der Waals surface area contributed by atoms with Gasteiger partial charge in [-0.1, -0.05) is 6.92 Å². The number of amides is 2. The Hall–Kier alpha value is -0.750. The zero-order valence-corrected chi connectivity index (χ0v) is 12.8. The van der Waals surface area contributed by atoms with Crippen LogP contribution < -0.4 is 10.6 Å². The van der Waals surface area contributed by atoms with E-state index in [0.717, 1.165) is 34.4 Å². The van der Waals surface area contributed by atoms with Gasteiger partial charge in [0.05, 0.1) is 6.04 Å². The van der Waals surface area contributed by atoms with Crippen molar-refractivity contribution in [2.75, 3.05) is 18.1 Å². The smallest absolute Gasteiger partial charge is 0.315 e. The van der Waals surface area contributed by atoms with Gasteiger partial charge in [-0.05, 0) is 31.8 Å². The van der Waals surface area contributed by atoms with Crippen LogP contribution in [-0.2, 0) is 0 Å². The molecule has 0 saturated heterocycles. The van der Waals surface area contributed by atoms with Crippen LogP contribution >= 0.6 is 23.1 Å². The van der Waals surface area contributed by atoms with E-state index < -0.39 is 0 Å². The summed E-state index contributed by atoms with van der Waals surface area (Å²) >= 11 is 3.51. The zero-order valence-electron chi connectivity index (χ0n) is 11.2. The molecule has 18 heavy (non-hydrogen) atoms. The summed E-state index contributed by atoms with van der Waals surface area (Å²) in [4.78, 5) is 17.0. The van der Waals surface area contributed by atoms with Crippen molar-refractivity contribution in [2.24, 2.45) is 0 Å². The van der Waals surface area contributed by atoms with Gasteiger partial charge in [-0.25, -0.2) is 9.78 Å². The van der Waals surface area contributed by atoms with E-state index in [-0.39, 0.29) is 12.1 Å². The first-order chi connectivity index (χ1) is 8.63. The van der Waals surface area contributed by atoms with E-state index in [1.54, 1.807) is 11.3 Å². The maximum absolute atomic E-state index is 11.6. The summed E-state index contributed by atoms with van der Waals surface area (Å²) in [7, 11) is 0. The minimum absolute atomic E-state index is 0.0336. The molecule has 0 spiro atoms. The van der Waals surface area contributed by atoms with Crippen LogP contribution in [0.25, 0.3) is 0 Å². The van der Waals surface area contributed by atoms with Crippen molar-refractivity contribution >= 4 is 29.1 Å². The first-order valence-corrected chi connectivity index (χ1v) is 8.15. The quantitative estimate of drug-likeness (QED) is 0.758. The second kappa shape index (κ2) is 8.37. The number of carbonyl (C=O) groups excluding carboxylic acids is 1. The summed E-state index contributed by atoms with van der Waals surface area (Å²) in [6.45, 7) is 6.83. The van der Waals surface area contributed by atoms with Gasteiger partial charge in [-0.2, -0.15) is 11.8 Å². The fraction of sp³-hybridized carbons (Fsp3) is 0.667. The van der Waals surface area contributed by atoms with Gasteiger partial charge >= 0.3 is 6.03 Å². The third kappa shape index (κ3) is 5.73. The van der Waals surface area contributed by atoms with E-state index in [0.29, 0.717) is 0 Å². The summed E-state index contributed by atoms with van der Waals surface area (Å²) in [6.07, 6.45) is 2.84. The molecule has 0 saturated carbocycles. The van der Waals surface area contributed by atoms with Crippen LogP contribution in [0.5, 0.6) is 0 Å². The van der Waals surface area contributed by atoms with E-state index in [2.05, 4.69) is 22.5 Å². The highest BCUT2D eigenvalue weighted by atomic mass is 32.2. The average Bonchev–Trinajstić information content (AvgIpc) is 2.75. The molecule has 1 heterocycles. The minimum atomic E-state index is -0.114. The Kier molecular flexibility index (Phi) is 7.12. The Labute approximate surface area is 117 Å². The summed E-state index contributed by atoms with van der Waals surface area (Å²) in [5.74, 6) is 2.23. The van der Waals surface area contributed by atoms with E-state index in [1.807, 2.05) is 31.8 Å². The minimum Gasteiger partial charge on any atom is -0.338 e. The number of urea groups is 1. The first-order valence-electron chi connectivity index (χ1n) is 6.18. The van der Waals surface area contributed by atoms with Crippen LogP contribution in [-0.4, -0.2) is 29.1 Å². The largest absolute Gasteiger partial charge is 0.338 e.